The second kappa shape index (κ2) is 7.31. The van der Waals surface area contributed by atoms with Gasteiger partial charge in [0.2, 0.25) is 0 Å². The summed E-state index contributed by atoms with van der Waals surface area (Å²) in [5.74, 6) is 0.167. The normalized spacial score (nSPS) is 10.7. The van der Waals surface area contributed by atoms with Gasteiger partial charge in [0.25, 0.3) is 0 Å². The molecule has 0 aliphatic rings. The largest absolute Gasteiger partial charge is 0.370 e. The average Bonchev–Trinajstić information content (AvgIpc) is 2.37. The minimum atomic E-state index is -0.569. The molecule has 0 fully saturated rings. The molecule has 21 heavy (non-hydrogen) atoms. The second-order valence-electron chi connectivity index (χ2n) is 4.70. The van der Waals surface area contributed by atoms with Crippen molar-refractivity contribution in [1.29, 1.82) is 0 Å². The van der Waals surface area contributed by atoms with E-state index in [0.29, 0.717) is 35.3 Å². The number of benzene rings is 1. The fraction of sp³-hybridized carbons (Fsp3) is 0.333. The molecule has 6 heteroatoms. The van der Waals surface area contributed by atoms with Crippen LogP contribution in [0.1, 0.15) is 24.7 Å². The lowest BCUT2D eigenvalue weighted by molar-refractivity contribution is 0.580. The number of hydrogen-bond donors (Lipinski definition) is 1. The maximum absolute atomic E-state index is 13.1. The number of nitrogens with zero attached hydrogens (tertiary/aromatic N) is 2. The van der Waals surface area contributed by atoms with E-state index >= 15 is 0 Å². The standard InChI is InChI=1S/C15H16ClF2N3/c1-2-3-14-20-13(16)9-15(21-14)19-5-4-10-6-11(17)8-12(18)7-10/h6-9H,2-5H2,1H3,(H,19,20,21). The van der Waals surface area contributed by atoms with Crippen LogP contribution in [-0.2, 0) is 12.8 Å². The summed E-state index contributed by atoms with van der Waals surface area (Å²) in [5.41, 5.74) is 0.592. The van der Waals surface area contributed by atoms with Crippen molar-refractivity contribution >= 4 is 17.4 Å². The van der Waals surface area contributed by atoms with Crippen molar-refractivity contribution in [2.45, 2.75) is 26.2 Å². The second-order valence-corrected chi connectivity index (χ2v) is 5.08. The lowest BCUT2D eigenvalue weighted by atomic mass is 10.1. The van der Waals surface area contributed by atoms with Crippen molar-refractivity contribution in [3.8, 4) is 0 Å². The molecule has 2 aromatic rings. The molecule has 0 aliphatic carbocycles. The Morgan fingerprint density at radius 1 is 1.05 bits per heavy atom. The number of nitrogens with one attached hydrogen (secondary N) is 1. The molecule has 0 amide bonds. The zero-order valence-corrected chi connectivity index (χ0v) is 12.4. The number of anilines is 1. The Morgan fingerprint density at radius 3 is 2.43 bits per heavy atom. The SMILES string of the molecule is CCCc1nc(Cl)cc(NCCc2cc(F)cc(F)c2)n1. The van der Waals surface area contributed by atoms with E-state index < -0.39 is 11.6 Å². The molecule has 1 N–H and O–H groups in total. The molecule has 0 atom stereocenters. The molecule has 0 saturated carbocycles. The predicted octanol–water partition coefficient (Wildman–Crippen LogP) is 4.02. The molecule has 1 heterocycles. The lowest BCUT2D eigenvalue weighted by Gasteiger charge is -2.08. The van der Waals surface area contributed by atoms with Crippen molar-refractivity contribution in [3.05, 3.63) is 52.4 Å². The first-order valence-electron chi connectivity index (χ1n) is 6.79. The van der Waals surface area contributed by atoms with E-state index in [-0.39, 0.29) is 0 Å². The Morgan fingerprint density at radius 2 is 1.76 bits per heavy atom. The van der Waals surface area contributed by atoms with E-state index in [4.69, 9.17) is 11.6 Å². The van der Waals surface area contributed by atoms with Gasteiger partial charge in [0.15, 0.2) is 0 Å². The van der Waals surface area contributed by atoms with Crippen LogP contribution < -0.4 is 5.32 Å². The molecule has 0 bridgehead atoms. The van der Waals surface area contributed by atoms with Gasteiger partial charge in [-0.2, -0.15) is 0 Å². The molecule has 2 rings (SSSR count). The van der Waals surface area contributed by atoms with E-state index in [1.807, 2.05) is 6.92 Å². The first-order valence-corrected chi connectivity index (χ1v) is 7.17. The first-order chi connectivity index (χ1) is 10.1. The van der Waals surface area contributed by atoms with Gasteiger partial charge in [0.1, 0.15) is 28.4 Å². The highest BCUT2D eigenvalue weighted by molar-refractivity contribution is 6.29. The summed E-state index contributed by atoms with van der Waals surface area (Å²) in [6.07, 6.45) is 2.17. The van der Waals surface area contributed by atoms with E-state index in [2.05, 4.69) is 15.3 Å². The monoisotopic (exact) mass is 311 g/mol. The summed E-state index contributed by atoms with van der Waals surface area (Å²) in [5, 5.41) is 3.47. The smallest absolute Gasteiger partial charge is 0.134 e. The highest BCUT2D eigenvalue weighted by Gasteiger charge is 2.04. The third-order valence-electron chi connectivity index (χ3n) is 2.86. The van der Waals surface area contributed by atoms with Crippen molar-refractivity contribution in [3.63, 3.8) is 0 Å². The fourth-order valence-corrected chi connectivity index (χ4v) is 2.18. The van der Waals surface area contributed by atoms with Crippen LogP contribution in [0.3, 0.4) is 0 Å². The summed E-state index contributed by atoms with van der Waals surface area (Å²) in [6.45, 7) is 2.54. The highest BCUT2D eigenvalue weighted by atomic mass is 35.5. The van der Waals surface area contributed by atoms with Gasteiger partial charge in [-0.3, -0.25) is 0 Å². The lowest BCUT2D eigenvalue weighted by Crippen LogP contribution is -2.08. The molecule has 1 aromatic heterocycles. The van der Waals surface area contributed by atoms with Gasteiger partial charge in [-0.25, -0.2) is 18.7 Å². The van der Waals surface area contributed by atoms with Crippen LogP contribution in [0.5, 0.6) is 0 Å². The molecule has 112 valence electrons. The van der Waals surface area contributed by atoms with E-state index in [1.54, 1.807) is 6.07 Å². The molecule has 0 unspecified atom stereocenters. The van der Waals surface area contributed by atoms with Crippen LogP contribution in [0.2, 0.25) is 5.15 Å². The number of aryl methyl sites for hydroxylation is 1. The van der Waals surface area contributed by atoms with Crippen LogP contribution in [0.25, 0.3) is 0 Å². The van der Waals surface area contributed by atoms with Gasteiger partial charge in [-0.05, 0) is 30.5 Å². The Hall–Kier alpha value is -1.75. The fourth-order valence-electron chi connectivity index (χ4n) is 1.98. The Labute approximate surface area is 127 Å². The number of aromatic nitrogens is 2. The van der Waals surface area contributed by atoms with Crippen LogP contribution >= 0.6 is 11.6 Å². The molecule has 0 radical (unpaired) electrons. The van der Waals surface area contributed by atoms with E-state index in [0.717, 1.165) is 18.9 Å². The van der Waals surface area contributed by atoms with E-state index in [1.165, 1.54) is 12.1 Å². The van der Waals surface area contributed by atoms with Gasteiger partial charge in [-0.1, -0.05) is 18.5 Å². The van der Waals surface area contributed by atoms with Crippen LogP contribution in [0.15, 0.2) is 24.3 Å². The third-order valence-corrected chi connectivity index (χ3v) is 3.05. The van der Waals surface area contributed by atoms with Gasteiger partial charge < -0.3 is 5.32 Å². The van der Waals surface area contributed by atoms with Crippen LogP contribution in [0, 0.1) is 11.6 Å². The Balaban J connectivity index is 1.96. The van der Waals surface area contributed by atoms with Gasteiger partial charge in [0, 0.05) is 25.1 Å². The van der Waals surface area contributed by atoms with Crippen LogP contribution in [0.4, 0.5) is 14.6 Å². The van der Waals surface area contributed by atoms with Gasteiger partial charge in [0.05, 0.1) is 0 Å². The highest BCUT2D eigenvalue weighted by Crippen LogP contribution is 2.13. The minimum Gasteiger partial charge on any atom is -0.370 e. The number of rotatable bonds is 6. The predicted molar refractivity (Wildman–Crippen MR) is 79.6 cm³/mol. The summed E-state index contributed by atoms with van der Waals surface area (Å²) < 4.78 is 26.1. The number of halogens is 3. The summed E-state index contributed by atoms with van der Waals surface area (Å²) >= 11 is 5.93. The van der Waals surface area contributed by atoms with Gasteiger partial charge in [-0.15, -0.1) is 0 Å². The minimum absolute atomic E-state index is 0.382. The summed E-state index contributed by atoms with van der Waals surface area (Å²) in [7, 11) is 0. The average molecular weight is 312 g/mol. The third kappa shape index (κ3) is 4.93. The maximum Gasteiger partial charge on any atom is 0.134 e. The quantitative estimate of drug-likeness (QED) is 0.819. The molecule has 1 aromatic carbocycles. The Bertz CT molecular complexity index is 600. The topological polar surface area (TPSA) is 37.8 Å². The molecular formula is C15H16ClF2N3. The van der Waals surface area contributed by atoms with Crippen molar-refractivity contribution in [2.24, 2.45) is 0 Å². The molecule has 0 saturated heterocycles. The molecular weight excluding hydrogens is 296 g/mol. The van der Waals surface area contributed by atoms with Gasteiger partial charge >= 0.3 is 0 Å². The first kappa shape index (κ1) is 15.6. The zero-order valence-electron chi connectivity index (χ0n) is 11.7. The number of hydrogen-bond acceptors (Lipinski definition) is 3. The summed E-state index contributed by atoms with van der Waals surface area (Å²) in [6, 6.07) is 5.13. The summed E-state index contributed by atoms with van der Waals surface area (Å²) in [4.78, 5) is 8.46. The molecule has 3 nitrogen and oxygen atoms in total. The Kier molecular flexibility index (Phi) is 5.44. The molecule has 0 aliphatic heterocycles. The van der Waals surface area contributed by atoms with Crippen molar-refractivity contribution in [2.75, 3.05) is 11.9 Å². The maximum atomic E-state index is 13.1. The zero-order chi connectivity index (χ0) is 15.2. The molecule has 0 spiro atoms. The van der Waals surface area contributed by atoms with Crippen molar-refractivity contribution in [1.82, 2.24) is 9.97 Å². The van der Waals surface area contributed by atoms with E-state index in [9.17, 15) is 8.78 Å². The van der Waals surface area contributed by atoms with Crippen molar-refractivity contribution < 1.29 is 8.78 Å². The van der Waals surface area contributed by atoms with Crippen LogP contribution in [-0.4, -0.2) is 16.5 Å².